The number of ketones is 1. The van der Waals surface area contributed by atoms with Gasteiger partial charge in [0.1, 0.15) is 11.8 Å². The van der Waals surface area contributed by atoms with Gasteiger partial charge in [0.05, 0.1) is 4.92 Å². The standard InChI is InChI=1S/C15H17N3O5/c16-14(20)13(9-3-2-6-12(19)8-9)17-15(21)10-4-1-5-11(7-10)18(22)23/h1,4-5,7,9,13H,2-3,6,8H2,(H2,16,20)(H,17,21)/t9-,13-/m0/s1. The van der Waals surface area contributed by atoms with Gasteiger partial charge in [-0.15, -0.1) is 0 Å². The zero-order valence-corrected chi connectivity index (χ0v) is 12.4. The first-order chi connectivity index (χ1) is 10.9. The highest BCUT2D eigenvalue weighted by molar-refractivity contribution is 5.98. The lowest BCUT2D eigenvalue weighted by molar-refractivity contribution is -0.384. The fraction of sp³-hybridized carbons (Fsp3) is 0.400. The van der Waals surface area contributed by atoms with E-state index in [1.165, 1.54) is 18.2 Å². The number of nitrogens with one attached hydrogen (secondary N) is 1. The highest BCUT2D eigenvalue weighted by Crippen LogP contribution is 2.24. The van der Waals surface area contributed by atoms with Crippen molar-refractivity contribution in [1.82, 2.24) is 5.32 Å². The van der Waals surface area contributed by atoms with Crippen LogP contribution in [-0.2, 0) is 9.59 Å². The lowest BCUT2D eigenvalue weighted by Crippen LogP contribution is -2.50. The number of rotatable bonds is 5. The second-order valence-corrected chi connectivity index (χ2v) is 5.56. The van der Waals surface area contributed by atoms with Crippen LogP contribution in [0.3, 0.4) is 0 Å². The van der Waals surface area contributed by atoms with Gasteiger partial charge in [-0.1, -0.05) is 6.07 Å². The van der Waals surface area contributed by atoms with Crippen molar-refractivity contribution in [2.45, 2.75) is 31.7 Å². The fourth-order valence-electron chi connectivity index (χ4n) is 2.75. The fourth-order valence-corrected chi connectivity index (χ4v) is 2.75. The second-order valence-electron chi connectivity index (χ2n) is 5.56. The first-order valence-electron chi connectivity index (χ1n) is 7.25. The van der Waals surface area contributed by atoms with Gasteiger partial charge in [-0.3, -0.25) is 24.5 Å². The van der Waals surface area contributed by atoms with Crippen LogP contribution in [0.15, 0.2) is 24.3 Å². The Kier molecular flexibility index (Phi) is 5.05. The van der Waals surface area contributed by atoms with Crippen molar-refractivity contribution in [3.05, 3.63) is 39.9 Å². The summed E-state index contributed by atoms with van der Waals surface area (Å²) >= 11 is 0. The Hall–Kier alpha value is -2.77. The van der Waals surface area contributed by atoms with Gasteiger partial charge in [0.25, 0.3) is 11.6 Å². The molecule has 1 aliphatic rings. The van der Waals surface area contributed by atoms with Crippen LogP contribution in [0, 0.1) is 16.0 Å². The van der Waals surface area contributed by atoms with Gasteiger partial charge in [-0.2, -0.15) is 0 Å². The van der Waals surface area contributed by atoms with Gasteiger partial charge in [-0.05, 0) is 24.8 Å². The molecular weight excluding hydrogens is 302 g/mol. The number of nitro benzene ring substituents is 1. The van der Waals surface area contributed by atoms with Crippen LogP contribution in [0.4, 0.5) is 5.69 Å². The normalized spacial score (nSPS) is 19.0. The molecule has 1 aliphatic carbocycles. The molecule has 0 saturated heterocycles. The summed E-state index contributed by atoms with van der Waals surface area (Å²) in [5, 5.41) is 13.3. The maximum absolute atomic E-state index is 12.2. The van der Waals surface area contributed by atoms with E-state index in [1.54, 1.807) is 0 Å². The van der Waals surface area contributed by atoms with Crippen LogP contribution in [0.1, 0.15) is 36.0 Å². The van der Waals surface area contributed by atoms with Crippen LogP contribution in [0.25, 0.3) is 0 Å². The second kappa shape index (κ2) is 6.99. The lowest BCUT2D eigenvalue weighted by Gasteiger charge is -2.28. The summed E-state index contributed by atoms with van der Waals surface area (Å²) < 4.78 is 0. The predicted octanol–water partition coefficient (Wildman–Crippen LogP) is 0.938. The monoisotopic (exact) mass is 319 g/mol. The minimum absolute atomic E-state index is 0.0390. The number of carbonyl (C=O) groups excluding carboxylic acids is 3. The van der Waals surface area contributed by atoms with Crippen molar-refractivity contribution < 1.29 is 19.3 Å². The molecule has 0 heterocycles. The summed E-state index contributed by atoms with van der Waals surface area (Å²) in [7, 11) is 0. The topological polar surface area (TPSA) is 132 Å². The van der Waals surface area contributed by atoms with E-state index in [4.69, 9.17) is 5.73 Å². The number of nitrogens with zero attached hydrogens (tertiary/aromatic N) is 1. The molecule has 0 aliphatic heterocycles. The summed E-state index contributed by atoms with van der Waals surface area (Å²) in [6, 6.07) is 4.22. The van der Waals surface area contributed by atoms with Gasteiger partial charge < -0.3 is 11.1 Å². The van der Waals surface area contributed by atoms with Crippen molar-refractivity contribution in [3.8, 4) is 0 Å². The molecule has 0 radical (unpaired) electrons. The molecule has 0 bridgehead atoms. The Morgan fingerprint density at radius 3 is 2.74 bits per heavy atom. The lowest BCUT2D eigenvalue weighted by atomic mass is 9.82. The minimum atomic E-state index is -0.967. The Labute approximate surface area is 132 Å². The average Bonchev–Trinajstić information content (AvgIpc) is 2.52. The highest BCUT2D eigenvalue weighted by atomic mass is 16.6. The first kappa shape index (κ1) is 16.6. The number of hydrogen-bond donors (Lipinski definition) is 2. The molecule has 8 nitrogen and oxygen atoms in total. The quantitative estimate of drug-likeness (QED) is 0.615. The molecule has 2 amide bonds. The number of nitro groups is 1. The number of primary amides is 1. The van der Waals surface area contributed by atoms with Crippen molar-refractivity contribution >= 4 is 23.3 Å². The van der Waals surface area contributed by atoms with Crippen molar-refractivity contribution in [1.29, 1.82) is 0 Å². The molecular formula is C15H17N3O5. The Morgan fingerprint density at radius 1 is 1.39 bits per heavy atom. The number of Topliss-reactive ketones (excluding diaryl/α,β-unsaturated/α-hetero) is 1. The largest absolute Gasteiger partial charge is 0.368 e. The molecule has 1 saturated carbocycles. The van der Waals surface area contributed by atoms with Crippen molar-refractivity contribution in [3.63, 3.8) is 0 Å². The molecule has 1 aromatic rings. The first-order valence-corrected chi connectivity index (χ1v) is 7.25. The maximum atomic E-state index is 12.2. The number of hydrogen-bond acceptors (Lipinski definition) is 5. The molecule has 0 unspecified atom stereocenters. The molecule has 0 aromatic heterocycles. The molecule has 3 N–H and O–H groups in total. The summed E-state index contributed by atoms with van der Waals surface area (Å²) in [6.07, 6.45) is 1.94. The van der Waals surface area contributed by atoms with E-state index >= 15 is 0 Å². The number of non-ortho nitro benzene ring substituents is 1. The van der Waals surface area contributed by atoms with Gasteiger partial charge >= 0.3 is 0 Å². The predicted molar refractivity (Wildman–Crippen MR) is 80.5 cm³/mol. The zero-order chi connectivity index (χ0) is 17.0. The number of amides is 2. The van der Waals surface area contributed by atoms with E-state index < -0.39 is 22.8 Å². The van der Waals surface area contributed by atoms with Gasteiger partial charge in [0, 0.05) is 30.5 Å². The van der Waals surface area contributed by atoms with Gasteiger partial charge in [0.2, 0.25) is 5.91 Å². The Bertz CT molecular complexity index is 658. The van der Waals surface area contributed by atoms with Crippen LogP contribution < -0.4 is 11.1 Å². The zero-order valence-electron chi connectivity index (χ0n) is 12.4. The number of carbonyl (C=O) groups is 3. The van der Waals surface area contributed by atoms with Crippen molar-refractivity contribution in [2.75, 3.05) is 0 Å². The van der Waals surface area contributed by atoms with E-state index in [9.17, 15) is 24.5 Å². The van der Waals surface area contributed by atoms with E-state index in [1.807, 2.05) is 0 Å². The Morgan fingerprint density at radius 2 is 2.13 bits per heavy atom. The summed E-state index contributed by atoms with van der Waals surface area (Å²) in [4.78, 5) is 45.5. The van der Waals surface area contributed by atoms with Crippen LogP contribution in [-0.4, -0.2) is 28.6 Å². The molecule has 2 rings (SSSR count). The van der Waals surface area contributed by atoms with E-state index in [0.29, 0.717) is 19.3 Å². The summed E-state index contributed by atoms with van der Waals surface area (Å²) in [5.41, 5.74) is 5.19. The molecule has 1 aromatic carbocycles. The molecule has 0 spiro atoms. The number of benzene rings is 1. The van der Waals surface area contributed by atoms with Gasteiger partial charge in [0.15, 0.2) is 0 Å². The van der Waals surface area contributed by atoms with E-state index in [0.717, 1.165) is 6.07 Å². The van der Waals surface area contributed by atoms with Crippen molar-refractivity contribution in [2.24, 2.45) is 11.7 Å². The third-order valence-corrected chi connectivity index (χ3v) is 3.90. The average molecular weight is 319 g/mol. The molecule has 122 valence electrons. The van der Waals surface area contributed by atoms with Crippen LogP contribution in [0.5, 0.6) is 0 Å². The van der Waals surface area contributed by atoms with E-state index in [-0.39, 0.29) is 29.4 Å². The van der Waals surface area contributed by atoms with Crippen LogP contribution >= 0.6 is 0 Å². The molecule has 23 heavy (non-hydrogen) atoms. The Balaban J connectivity index is 2.15. The minimum Gasteiger partial charge on any atom is -0.368 e. The smallest absolute Gasteiger partial charge is 0.270 e. The molecule has 2 atom stereocenters. The SMILES string of the molecule is NC(=O)[C@@H](NC(=O)c1cccc([N+](=O)[O-])c1)[C@H]1CCCC(=O)C1. The third kappa shape index (κ3) is 4.12. The van der Waals surface area contributed by atoms with Gasteiger partial charge in [-0.25, -0.2) is 0 Å². The summed E-state index contributed by atoms with van der Waals surface area (Å²) in [5.74, 6) is -1.65. The molecule has 1 fully saturated rings. The maximum Gasteiger partial charge on any atom is 0.270 e. The summed E-state index contributed by atoms with van der Waals surface area (Å²) in [6.45, 7) is 0. The third-order valence-electron chi connectivity index (χ3n) is 3.90. The molecule has 8 heteroatoms. The van der Waals surface area contributed by atoms with Crippen LogP contribution in [0.2, 0.25) is 0 Å². The van der Waals surface area contributed by atoms with E-state index in [2.05, 4.69) is 5.32 Å². The number of nitrogens with two attached hydrogens (primary N) is 1. The highest BCUT2D eigenvalue weighted by Gasteiger charge is 2.32.